The first-order chi connectivity index (χ1) is 12.5. The van der Waals surface area contributed by atoms with E-state index >= 15 is 0 Å². The van der Waals surface area contributed by atoms with Crippen LogP contribution in [-0.4, -0.2) is 28.1 Å². The predicted octanol–water partition coefficient (Wildman–Crippen LogP) is 3.47. The predicted molar refractivity (Wildman–Crippen MR) is 95.6 cm³/mol. The smallest absolute Gasteiger partial charge is 0.457 e. The van der Waals surface area contributed by atoms with E-state index in [0.717, 1.165) is 12.1 Å². The highest BCUT2D eigenvalue weighted by Gasteiger charge is 2.31. The van der Waals surface area contributed by atoms with Gasteiger partial charge >= 0.3 is 6.36 Å². The maximum Gasteiger partial charge on any atom is 0.573 e. The number of alkyl halides is 3. The highest BCUT2D eigenvalue weighted by atomic mass is 32.2. The Kier molecular flexibility index (Phi) is 6.63. The van der Waals surface area contributed by atoms with Crippen LogP contribution in [0.15, 0.2) is 46.2 Å². The second-order valence-electron chi connectivity index (χ2n) is 5.31. The fourth-order valence-corrected chi connectivity index (χ4v) is 3.95. The minimum absolute atomic E-state index is 0.0264. The number of rotatable bonds is 7. The molecule has 27 heavy (non-hydrogen) atoms. The van der Waals surface area contributed by atoms with Gasteiger partial charge in [0.25, 0.3) is 0 Å². The van der Waals surface area contributed by atoms with Gasteiger partial charge in [0, 0.05) is 17.0 Å². The molecule has 0 fully saturated rings. The first-order valence-electron chi connectivity index (χ1n) is 7.45. The molecule has 2 aromatic carbocycles. The van der Waals surface area contributed by atoms with Crippen molar-refractivity contribution in [2.24, 2.45) is 5.14 Å². The summed E-state index contributed by atoms with van der Waals surface area (Å²) in [5, 5.41) is 8.15. The van der Waals surface area contributed by atoms with Gasteiger partial charge in [-0.2, -0.15) is 0 Å². The zero-order valence-electron chi connectivity index (χ0n) is 14.3. The number of ether oxygens (including phenoxy) is 2. The number of halogens is 3. The van der Waals surface area contributed by atoms with E-state index in [-0.39, 0.29) is 16.4 Å². The van der Waals surface area contributed by atoms with Crippen LogP contribution in [0.1, 0.15) is 5.56 Å². The molecule has 0 unspecified atom stereocenters. The molecular weight excluding hydrogens is 405 g/mol. The number of sulfonamides is 1. The summed E-state index contributed by atoms with van der Waals surface area (Å²) in [6, 6.07) is 7.81. The van der Waals surface area contributed by atoms with Crippen molar-refractivity contribution in [2.75, 3.05) is 13.3 Å². The summed E-state index contributed by atoms with van der Waals surface area (Å²) in [5.74, 6) is 0.238. The molecule has 0 atom stereocenters. The van der Waals surface area contributed by atoms with Gasteiger partial charge in [-0.15, -0.1) is 24.9 Å². The molecule has 0 bridgehead atoms. The molecule has 11 heteroatoms. The van der Waals surface area contributed by atoms with Crippen LogP contribution < -0.4 is 19.9 Å². The lowest BCUT2D eigenvalue weighted by Gasteiger charge is -2.15. The number of hydrogen-bond donors (Lipinski definition) is 2. The molecule has 3 N–H and O–H groups in total. The molecule has 0 saturated heterocycles. The lowest BCUT2D eigenvalue weighted by Crippen LogP contribution is -2.17. The highest BCUT2D eigenvalue weighted by Crippen LogP contribution is 2.35. The second-order valence-corrected chi connectivity index (χ2v) is 7.69. The van der Waals surface area contributed by atoms with Gasteiger partial charge in [-0.05, 0) is 49.7 Å². The Balaban J connectivity index is 2.37. The molecule has 2 rings (SSSR count). The average molecular weight is 422 g/mol. The number of thioether (sulfide) groups is 1. The van der Waals surface area contributed by atoms with Crippen LogP contribution in [0.4, 0.5) is 13.2 Å². The molecule has 0 heterocycles. The molecule has 0 saturated carbocycles. The van der Waals surface area contributed by atoms with Crippen molar-refractivity contribution in [3.05, 3.63) is 42.0 Å². The standard InChI is InChI=1S/C16H17F3N2O4S2/c1-21-9-10-7-15(27(20,22)23)14(26-2)8-13(10)24-11-3-5-12(6-4-11)25-16(17,18)19/h3-8,21H,9H2,1-2H3,(H2,20,22,23). The molecular formula is C16H17F3N2O4S2. The normalized spacial score (nSPS) is 12.1. The van der Waals surface area contributed by atoms with Gasteiger partial charge in [0.1, 0.15) is 17.2 Å². The Hall–Kier alpha value is -1.95. The van der Waals surface area contributed by atoms with Gasteiger partial charge in [0.2, 0.25) is 10.0 Å². The summed E-state index contributed by atoms with van der Waals surface area (Å²) < 4.78 is 69.8. The minimum Gasteiger partial charge on any atom is -0.457 e. The third-order valence-electron chi connectivity index (χ3n) is 3.31. The third-order valence-corrected chi connectivity index (χ3v) is 5.16. The summed E-state index contributed by atoms with van der Waals surface area (Å²) in [5.41, 5.74) is 0.523. The monoisotopic (exact) mass is 422 g/mol. The SMILES string of the molecule is CNCc1cc(S(N)(=O)=O)c(SC)cc1Oc1ccc(OC(F)(F)F)cc1. The second kappa shape index (κ2) is 8.38. The van der Waals surface area contributed by atoms with E-state index in [9.17, 15) is 21.6 Å². The lowest BCUT2D eigenvalue weighted by molar-refractivity contribution is -0.274. The van der Waals surface area contributed by atoms with E-state index in [1.807, 2.05) is 0 Å². The van der Waals surface area contributed by atoms with Crippen molar-refractivity contribution in [2.45, 2.75) is 22.7 Å². The summed E-state index contributed by atoms with van der Waals surface area (Å²) in [6.07, 6.45) is -3.09. The van der Waals surface area contributed by atoms with Gasteiger partial charge in [-0.3, -0.25) is 0 Å². The van der Waals surface area contributed by atoms with Crippen LogP contribution in [0.25, 0.3) is 0 Å². The summed E-state index contributed by atoms with van der Waals surface area (Å²) in [6.45, 7) is 0.293. The third kappa shape index (κ3) is 6.03. The largest absolute Gasteiger partial charge is 0.573 e. The van der Waals surface area contributed by atoms with Crippen molar-refractivity contribution in [3.63, 3.8) is 0 Å². The van der Waals surface area contributed by atoms with E-state index in [4.69, 9.17) is 9.88 Å². The number of primary sulfonamides is 1. The average Bonchev–Trinajstić information content (AvgIpc) is 2.55. The summed E-state index contributed by atoms with van der Waals surface area (Å²) in [4.78, 5) is 0.367. The Bertz CT molecular complexity index is 901. The highest BCUT2D eigenvalue weighted by molar-refractivity contribution is 7.99. The van der Waals surface area contributed by atoms with Crippen LogP contribution in [0, 0.1) is 0 Å². The molecule has 0 aliphatic heterocycles. The zero-order valence-corrected chi connectivity index (χ0v) is 16.0. The minimum atomic E-state index is -4.78. The van der Waals surface area contributed by atoms with Crippen LogP contribution in [0.5, 0.6) is 17.2 Å². The van der Waals surface area contributed by atoms with Crippen LogP contribution in [-0.2, 0) is 16.6 Å². The Morgan fingerprint density at radius 1 is 1.15 bits per heavy atom. The zero-order chi connectivity index (χ0) is 20.2. The first-order valence-corrected chi connectivity index (χ1v) is 10.2. The van der Waals surface area contributed by atoms with Crippen LogP contribution >= 0.6 is 11.8 Å². The van der Waals surface area contributed by atoms with E-state index in [2.05, 4.69) is 10.1 Å². The van der Waals surface area contributed by atoms with Crippen molar-refractivity contribution >= 4 is 21.8 Å². The lowest BCUT2D eigenvalue weighted by atomic mass is 10.2. The number of hydrogen-bond acceptors (Lipinski definition) is 6. The number of benzene rings is 2. The molecule has 148 valence electrons. The molecule has 2 aromatic rings. The van der Waals surface area contributed by atoms with Crippen molar-refractivity contribution < 1.29 is 31.1 Å². The van der Waals surface area contributed by atoms with Crippen molar-refractivity contribution in [3.8, 4) is 17.2 Å². The molecule has 0 aromatic heterocycles. The van der Waals surface area contributed by atoms with Crippen LogP contribution in [0.3, 0.4) is 0 Å². The van der Waals surface area contributed by atoms with Crippen LogP contribution in [0.2, 0.25) is 0 Å². The maximum atomic E-state index is 12.2. The number of nitrogens with two attached hydrogens (primary N) is 1. The van der Waals surface area contributed by atoms with Gasteiger partial charge in [-0.1, -0.05) is 0 Å². The van der Waals surface area contributed by atoms with Crippen molar-refractivity contribution in [1.29, 1.82) is 0 Å². The first kappa shape index (κ1) is 21.4. The molecule has 0 aliphatic carbocycles. The summed E-state index contributed by atoms with van der Waals surface area (Å²) >= 11 is 1.18. The summed E-state index contributed by atoms with van der Waals surface area (Å²) in [7, 11) is -2.25. The molecule has 6 nitrogen and oxygen atoms in total. The molecule has 0 amide bonds. The Morgan fingerprint density at radius 2 is 1.74 bits per heavy atom. The fourth-order valence-electron chi connectivity index (χ4n) is 2.23. The Morgan fingerprint density at radius 3 is 2.22 bits per heavy atom. The quantitative estimate of drug-likeness (QED) is 0.664. The Labute approximate surface area is 158 Å². The van der Waals surface area contributed by atoms with Gasteiger partial charge < -0.3 is 14.8 Å². The molecule has 0 aliphatic rings. The van der Waals surface area contributed by atoms with E-state index in [1.165, 1.54) is 36.0 Å². The molecule has 0 radical (unpaired) electrons. The van der Waals surface area contributed by atoms with E-state index in [0.29, 0.717) is 22.8 Å². The van der Waals surface area contributed by atoms with Crippen molar-refractivity contribution in [1.82, 2.24) is 5.32 Å². The number of nitrogens with one attached hydrogen (secondary N) is 1. The van der Waals surface area contributed by atoms with Gasteiger partial charge in [0.05, 0.1) is 4.90 Å². The van der Waals surface area contributed by atoms with Gasteiger partial charge in [-0.25, -0.2) is 13.6 Å². The molecule has 0 spiro atoms. The van der Waals surface area contributed by atoms with Gasteiger partial charge in [0.15, 0.2) is 0 Å². The topological polar surface area (TPSA) is 90.7 Å². The van der Waals surface area contributed by atoms with E-state index < -0.39 is 16.4 Å². The van der Waals surface area contributed by atoms with E-state index in [1.54, 1.807) is 13.3 Å². The maximum absolute atomic E-state index is 12.2. The fraction of sp³-hybridized carbons (Fsp3) is 0.250.